The third-order valence-electron chi connectivity index (χ3n) is 4.78. The largest absolute Gasteiger partial charge is 0.486 e. The van der Waals surface area contributed by atoms with Crippen LogP contribution in [0, 0.1) is 5.92 Å². The summed E-state index contributed by atoms with van der Waals surface area (Å²) in [5, 5.41) is 0. The zero-order valence-corrected chi connectivity index (χ0v) is 14.0. The minimum Gasteiger partial charge on any atom is -0.486 e. The molecule has 1 heterocycles. The number of carbonyl (C=O) groups is 1. The maximum atomic E-state index is 12.9. The van der Waals surface area contributed by atoms with Gasteiger partial charge in [-0.15, -0.1) is 0 Å². The van der Waals surface area contributed by atoms with E-state index in [4.69, 9.17) is 4.74 Å². The Kier molecular flexibility index (Phi) is 3.79. The maximum absolute atomic E-state index is 12.9. The quantitative estimate of drug-likeness (QED) is 0.837. The topological polar surface area (TPSA) is 32.8 Å². The number of hydrogen-bond donors (Lipinski definition) is 0. The fraction of sp³-hybridized carbons (Fsp3) is 0.611. The van der Waals surface area contributed by atoms with Crippen LogP contribution in [0.25, 0.3) is 0 Å². The number of carbonyl (C=O) groups excluding carboxylic acids is 1. The number of urea groups is 1. The first-order valence-corrected chi connectivity index (χ1v) is 8.16. The molecule has 1 fully saturated rings. The Balaban J connectivity index is 1.82. The van der Waals surface area contributed by atoms with Gasteiger partial charge in [-0.25, -0.2) is 4.79 Å². The molecule has 1 atom stereocenters. The fourth-order valence-corrected chi connectivity index (χ4v) is 3.21. The van der Waals surface area contributed by atoms with Gasteiger partial charge in [-0.2, -0.15) is 0 Å². The Morgan fingerprint density at radius 3 is 2.73 bits per heavy atom. The molecule has 1 aliphatic carbocycles. The van der Waals surface area contributed by atoms with Crippen LogP contribution in [0.3, 0.4) is 0 Å². The van der Waals surface area contributed by atoms with Crippen LogP contribution in [-0.4, -0.2) is 41.1 Å². The molecule has 0 aromatic heterocycles. The molecule has 2 aliphatic rings. The minimum absolute atomic E-state index is 0.104. The first-order chi connectivity index (χ1) is 10.4. The van der Waals surface area contributed by atoms with Crippen molar-refractivity contribution in [3.63, 3.8) is 0 Å². The van der Waals surface area contributed by atoms with Crippen molar-refractivity contribution < 1.29 is 9.53 Å². The number of nitrogens with zero attached hydrogens (tertiary/aromatic N) is 2. The van der Waals surface area contributed by atoms with E-state index in [0.29, 0.717) is 25.0 Å². The average Bonchev–Trinajstić information content (AvgIpc) is 3.30. The molecule has 1 aromatic carbocycles. The van der Waals surface area contributed by atoms with Crippen LogP contribution in [0.5, 0.6) is 5.75 Å². The second-order valence-corrected chi connectivity index (χ2v) is 7.30. The lowest BCUT2D eigenvalue weighted by atomic mass is 10.1. The highest BCUT2D eigenvalue weighted by Gasteiger charge is 2.37. The van der Waals surface area contributed by atoms with E-state index in [9.17, 15) is 4.79 Å². The highest BCUT2D eigenvalue weighted by Crippen LogP contribution is 2.35. The summed E-state index contributed by atoms with van der Waals surface area (Å²) in [6.45, 7) is 7.45. The summed E-state index contributed by atoms with van der Waals surface area (Å²) >= 11 is 0. The summed E-state index contributed by atoms with van der Waals surface area (Å²) in [4.78, 5) is 16.7. The van der Waals surface area contributed by atoms with Crippen molar-refractivity contribution in [1.82, 2.24) is 9.80 Å². The third-order valence-corrected chi connectivity index (χ3v) is 4.78. The van der Waals surface area contributed by atoms with E-state index in [2.05, 4.69) is 6.92 Å². The van der Waals surface area contributed by atoms with E-state index in [1.54, 1.807) is 0 Å². The second-order valence-electron chi connectivity index (χ2n) is 7.30. The van der Waals surface area contributed by atoms with E-state index < -0.39 is 0 Å². The van der Waals surface area contributed by atoms with Gasteiger partial charge < -0.3 is 14.5 Å². The molecule has 0 saturated heterocycles. The maximum Gasteiger partial charge on any atom is 0.320 e. The third kappa shape index (κ3) is 3.06. The van der Waals surface area contributed by atoms with Gasteiger partial charge in [-0.3, -0.25) is 0 Å². The number of fused-ring (bicyclic) bond motifs is 1. The Morgan fingerprint density at radius 2 is 2.05 bits per heavy atom. The van der Waals surface area contributed by atoms with Crippen LogP contribution >= 0.6 is 0 Å². The van der Waals surface area contributed by atoms with Gasteiger partial charge in [0.1, 0.15) is 11.4 Å². The molecular weight excluding hydrogens is 276 g/mol. The van der Waals surface area contributed by atoms with Gasteiger partial charge in [0.15, 0.2) is 0 Å². The summed E-state index contributed by atoms with van der Waals surface area (Å²) in [6, 6.07) is 8.43. The monoisotopic (exact) mass is 302 g/mol. The summed E-state index contributed by atoms with van der Waals surface area (Å²) in [7, 11) is 1.93. The van der Waals surface area contributed by atoms with E-state index in [-0.39, 0.29) is 11.6 Å². The van der Waals surface area contributed by atoms with Crippen molar-refractivity contribution in [1.29, 1.82) is 0 Å². The molecule has 0 N–H and O–H groups in total. The van der Waals surface area contributed by atoms with Crippen molar-refractivity contribution in [2.45, 2.75) is 51.8 Å². The van der Waals surface area contributed by atoms with Gasteiger partial charge in [-0.05, 0) is 45.6 Å². The van der Waals surface area contributed by atoms with Crippen LogP contribution < -0.4 is 4.74 Å². The Hall–Kier alpha value is -1.71. The molecule has 0 radical (unpaired) electrons. The standard InChI is InChI=1S/C18H26N2O2/c1-13(14-9-10-14)19(4)17(21)20-11-15-7-5-6-8-16(15)22-18(2,3)12-20/h5-8,13-14H,9-12H2,1-4H3. The lowest BCUT2D eigenvalue weighted by molar-refractivity contribution is 0.0694. The van der Waals surface area contributed by atoms with Crippen LogP contribution in [0.2, 0.25) is 0 Å². The van der Waals surface area contributed by atoms with Crippen LogP contribution in [0.15, 0.2) is 24.3 Å². The average molecular weight is 302 g/mol. The highest BCUT2D eigenvalue weighted by molar-refractivity contribution is 5.75. The van der Waals surface area contributed by atoms with Gasteiger partial charge in [0, 0.05) is 18.7 Å². The van der Waals surface area contributed by atoms with Gasteiger partial charge in [-0.1, -0.05) is 18.2 Å². The molecule has 3 rings (SSSR count). The Morgan fingerprint density at radius 1 is 1.36 bits per heavy atom. The fourth-order valence-electron chi connectivity index (χ4n) is 3.21. The molecule has 0 bridgehead atoms. The first kappa shape index (κ1) is 15.2. The molecule has 1 saturated carbocycles. The summed E-state index contributed by atoms with van der Waals surface area (Å²) in [6.07, 6.45) is 2.49. The van der Waals surface area contributed by atoms with Crippen molar-refractivity contribution in [3.8, 4) is 5.75 Å². The van der Waals surface area contributed by atoms with E-state index in [1.807, 2.05) is 55.0 Å². The molecule has 0 spiro atoms. The predicted octanol–water partition coefficient (Wildman–Crippen LogP) is 3.51. The molecule has 1 unspecified atom stereocenters. The lowest BCUT2D eigenvalue weighted by Gasteiger charge is -2.34. The summed E-state index contributed by atoms with van der Waals surface area (Å²) in [5.41, 5.74) is 0.695. The lowest BCUT2D eigenvalue weighted by Crippen LogP contribution is -2.50. The number of hydrogen-bond acceptors (Lipinski definition) is 2. The number of para-hydroxylation sites is 1. The molecule has 4 nitrogen and oxygen atoms in total. The molecule has 4 heteroatoms. The van der Waals surface area contributed by atoms with E-state index in [1.165, 1.54) is 12.8 Å². The summed E-state index contributed by atoms with van der Waals surface area (Å²) in [5.74, 6) is 1.57. The van der Waals surface area contributed by atoms with E-state index >= 15 is 0 Å². The van der Waals surface area contributed by atoms with Crippen LogP contribution in [0.4, 0.5) is 4.79 Å². The van der Waals surface area contributed by atoms with Gasteiger partial charge in [0.05, 0.1) is 13.1 Å². The van der Waals surface area contributed by atoms with Gasteiger partial charge in [0.25, 0.3) is 0 Å². The van der Waals surface area contributed by atoms with Gasteiger partial charge >= 0.3 is 6.03 Å². The van der Waals surface area contributed by atoms with Crippen molar-refractivity contribution in [2.24, 2.45) is 5.92 Å². The summed E-state index contributed by atoms with van der Waals surface area (Å²) < 4.78 is 6.11. The van der Waals surface area contributed by atoms with Crippen molar-refractivity contribution in [3.05, 3.63) is 29.8 Å². The zero-order valence-electron chi connectivity index (χ0n) is 14.0. The number of ether oxygens (including phenoxy) is 1. The number of benzene rings is 1. The number of amides is 2. The first-order valence-electron chi connectivity index (χ1n) is 8.16. The molecule has 22 heavy (non-hydrogen) atoms. The van der Waals surface area contributed by atoms with Crippen LogP contribution in [-0.2, 0) is 6.54 Å². The molecule has 120 valence electrons. The Bertz CT molecular complexity index is 566. The Labute approximate surface area is 133 Å². The van der Waals surface area contributed by atoms with Crippen molar-refractivity contribution >= 4 is 6.03 Å². The zero-order chi connectivity index (χ0) is 15.9. The molecule has 2 amide bonds. The van der Waals surface area contributed by atoms with Crippen molar-refractivity contribution in [2.75, 3.05) is 13.6 Å². The highest BCUT2D eigenvalue weighted by atomic mass is 16.5. The molecule has 1 aliphatic heterocycles. The normalized spacial score (nSPS) is 21.4. The van der Waals surface area contributed by atoms with Crippen LogP contribution in [0.1, 0.15) is 39.2 Å². The molecular formula is C18H26N2O2. The van der Waals surface area contributed by atoms with E-state index in [0.717, 1.165) is 11.3 Å². The number of rotatable bonds is 2. The predicted molar refractivity (Wildman–Crippen MR) is 86.9 cm³/mol. The second kappa shape index (κ2) is 5.49. The minimum atomic E-state index is -0.383. The molecule has 1 aromatic rings. The smallest absolute Gasteiger partial charge is 0.320 e. The SMILES string of the molecule is CC(C1CC1)N(C)C(=O)N1Cc2ccccc2OC(C)(C)C1. The van der Waals surface area contributed by atoms with Gasteiger partial charge in [0.2, 0.25) is 0 Å².